The SMILES string of the molecule is N#Cc1ccc2c(c1)C(c1ccccc1)(c1ccccc1)c1cc(-c3ccccc3-c3cc(-c4ccccc4)nc(-c4ccccc4)n3)ccc1-2. The van der Waals surface area contributed by atoms with Gasteiger partial charge in [-0.3, -0.25) is 0 Å². The molecule has 0 spiro atoms. The molecule has 3 heteroatoms. The van der Waals surface area contributed by atoms with Gasteiger partial charge in [0.15, 0.2) is 5.82 Å². The average Bonchev–Trinajstić information content (AvgIpc) is 3.51. The number of aromatic nitrogens is 2. The highest BCUT2D eigenvalue weighted by Gasteiger charge is 2.46. The van der Waals surface area contributed by atoms with Crippen LogP contribution in [0.15, 0.2) is 188 Å². The van der Waals surface area contributed by atoms with Crippen LogP contribution < -0.4 is 0 Å². The van der Waals surface area contributed by atoms with Gasteiger partial charge in [-0.05, 0) is 68.8 Å². The van der Waals surface area contributed by atoms with E-state index in [4.69, 9.17) is 9.97 Å². The lowest BCUT2D eigenvalue weighted by Gasteiger charge is -2.34. The van der Waals surface area contributed by atoms with Gasteiger partial charge in [0, 0.05) is 16.7 Å². The van der Waals surface area contributed by atoms with Crippen molar-refractivity contribution in [1.82, 2.24) is 9.97 Å². The quantitative estimate of drug-likeness (QED) is 0.180. The molecule has 0 fully saturated rings. The Kier molecular flexibility index (Phi) is 7.42. The second kappa shape index (κ2) is 12.5. The minimum atomic E-state index is -0.624. The maximum absolute atomic E-state index is 10.1. The molecule has 3 nitrogen and oxygen atoms in total. The smallest absolute Gasteiger partial charge is 0.160 e. The monoisotopic (exact) mass is 649 g/mol. The van der Waals surface area contributed by atoms with Crippen LogP contribution in [0.4, 0.5) is 0 Å². The second-order valence-electron chi connectivity index (χ2n) is 12.9. The number of nitriles is 1. The molecular weight excluding hydrogens is 619 g/mol. The van der Waals surface area contributed by atoms with E-state index >= 15 is 0 Å². The van der Waals surface area contributed by atoms with E-state index in [-0.39, 0.29) is 0 Å². The van der Waals surface area contributed by atoms with Crippen molar-refractivity contribution in [2.24, 2.45) is 0 Å². The Labute approximate surface area is 297 Å². The molecule has 0 bridgehead atoms. The summed E-state index contributed by atoms with van der Waals surface area (Å²) >= 11 is 0. The first-order valence-corrected chi connectivity index (χ1v) is 17.1. The van der Waals surface area contributed by atoms with E-state index in [9.17, 15) is 5.26 Å². The number of fused-ring (bicyclic) bond motifs is 3. The van der Waals surface area contributed by atoms with Gasteiger partial charge in [0.1, 0.15) is 0 Å². The summed E-state index contributed by atoms with van der Waals surface area (Å²) < 4.78 is 0. The molecule has 0 atom stereocenters. The normalized spacial score (nSPS) is 12.5. The molecule has 7 aromatic carbocycles. The molecule has 9 rings (SSSR count). The van der Waals surface area contributed by atoms with E-state index in [2.05, 4.69) is 152 Å². The maximum Gasteiger partial charge on any atom is 0.160 e. The molecule has 0 amide bonds. The Hall–Kier alpha value is -6.89. The largest absolute Gasteiger partial charge is 0.228 e. The van der Waals surface area contributed by atoms with Crippen LogP contribution in [0.1, 0.15) is 27.8 Å². The van der Waals surface area contributed by atoms with Crippen molar-refractivity contribution < 1.29 is 0 Å². The fourth-order valence-electron chi connectivity index (χ4n) is 7.74. The summed E-state index contributed by atoms with van der Waals surface area (Å²) in [5, 5.41) is 10.1. The van der Waals surface area contributed by atoms with Crippen LogP contribution in [-0.2, 0) is 5.41 Å². The fraction of sp³-hybridized carbons (Fsp3) is 0.0208. The molecule has 1 aliphatic carbocycles. The molecule has 0 saturated heterocycles. The molecule has 0 radical (unpaired) electrons. The summed E-state index contributed by atoms with van der Waals surface area (Å²) in [7, 11) is 0. The molecule has 238 valence electrons. The number of nitrogens with zero attached hydrogens (tertiary/aromatic N) is 3. The summed E-state index contributed by atoms with van der Waals surface area (Å²) in [6.07, 6.45) is 0. The van der Waals surface area contributed by atoms with E-state index < -0.39 is 5.41 Å². The van der Waals surface area contributed by atoms with E-state index in [1.165, 1.54) is 11.1 Å². The first-order chi connectivity index (χ1) is 25.2. The minimum Gasteiger partial charge on any atom is -0.228 e. The predicted octanol–water partition coefficient (Wildman–Crippen LogP) is 11.4. The molecule has 51 heavy (non-hydrogen) atoms. The second-order valence-corrected chi connectivity index (χ2v) is 12.9. The lowest BCUT2D eigenvalue weighted by molar-refractivity contribution is 0.768. The molecule has 1 heterocycles. The van der Waals surface area contributed by atoms with Gasteiger partial charge >= 0.3 is 0 Å². The van der Waals surface area contributed by atoms with Gasteiger partial charge in [-0.25, -0.2) is 9.97 Å². The van der Waals surface area contributed by atoms with Crippen molar-refractivity contribution in [3.05, 3.63) is 216 Å². The van der Waals surface area contributed by atoms with Gasteiger partial charge in [-0.1, -0.05) is 164 Å². The van der Waals surface area contributed by atoms with Crippen LogP contribution in [0.25, 0.3) is 56.2 Å². The molecule has 0 saturated carbocycles. The zero-order valence-corrected chi connectivity index (χ0v) is 27.7. The topological polar surface area (TPSA) is 49.6 Å². The van der Waals surface area contributed by atoms with E-state index in [0.717, 1.165) is 61.5 Å². The van der Waals surface area contributed by atoms with Crippen molar-refractivity contribution in [3.63, 3.8) is 0 Å². The summed E-state index contributed by atoms with van der Waals surface area (Å²) in [6.45, 7) is 0. The first kappa shape index (κ1) is 30.2. The Balaban J connectivity index is 1.29. The first-order valence-electron chi connectivity index (χ1n) is 17.1. The van der Waals surface area contributed by atoms with Crippen LogP contribution in [-0.4, -0.2) is 9.97 Å². The van der Waals surface area contributed by atoms with Crippen molar-refractivity contribution in [1.29, 1.82) is 5.26 Å². The Morgan fingerprint density at radius 1 is 0.392 bits per heavy atom. The third-order valence-corrected chi connectivity index (χ3v) is 10.0. The number of benzene rings is 7. The van der Waals surface area contributed by atoms with Gasteiger partial charge in [-0.15, -0.1) is 0 Å². The van der Waals surface area contributed by atoms with Gasteiger partial charge in [0.2, 0.25) is 0 Å². The Morgan fingerprint density at radius 3 is 1.53 bits per heavy atom. The average molecular weight is 650 g/mol. The van der Waals surface area contributed by atoms with Crippen molar-refractivity contribution in [2.75, 3.05) is 0 Å². The Morgan fingerprint density at radius 2 is 0.902 bits per heavy atom. The summed E-state index contributed by atoms with van der Waals surface area (Å²) in [6, 6.07) is 67.9. The van der Waals surface area contributed by atoms with E-state index in [0.29, 0.717) is 11.4 Å². The summed E-state index contributed by atoms with van der Waals surface area (Å²) in [5.74, 6) is 0.687. The van der Waals surface area contributed by atoms with Gasteiger partial charge in [0.05, 0.1) is 28.4 Å². The highest BCUT2D eigenvalue weighted by molar-refractivity contribution is 5.91. The summed E-state index contributed by atoms with van der Waals surface area (Å²) in [4.78, 5) is 10.2. The molecule has 0 N–H and O–H groups in total. The third kappa shape index (κ3) is 5.05. The van der Waals surface area contributed by atoms with Crippen LogP contribution in [0.2, 0.25) is 0 Å². The lowest BCUT2D eigenvalue weighted by atomic mass is 9.67. The molecule has 1 aromatic heterocycles. The molecule has 1 aliphatic rings. The maximum atomic E-state index is 10.1. The van der Waals surface area contributed by atoms with Crippen molar-refractivity contribution in [3.8, 4) is 62.2 Å². The predicted molar refractivity (Wildman–Crippen MR) is 206 cm³/mol. The van der Waals surface area contributed by atoms with Gasteiger partial charge < -0.3 is 0 Å². The van der Waals surface area contributed by atoms with Gasteiger partial charge in [0.25, 0.3) is 0 Å². The van der Waals surface area contributed by atoms with Crippen molar-refractivity contribution in [2.45, 2.75) is 5.41 Å². The zero-order chi connectivity index (χ0) is 34.2. The van der Waals surface area contributed by atoms with Crippen molar-refractivity contribution >= 4 is 0 Å². The number of hydrogen-bond donors (Lipinski definition) is 0. The van der Waals surface area contributed by atoms with Crippen LogP contribution in [0.5, 0.6) is 0 Å². The fourth-order valence-corrected chi connectivity index (χ4v) is 7.74. The van der Waals surface area contributed by atoms with E-state index in [1.807, 2.05) is 42.5 Å². The molecular formula is C48H31N3. The number of rotatable bonds is 6. The molecule has 0 unspecified atom stereocenters. The minimum absolute atomic E-state index is 0.624. The molecule has 8 aromatic rings. The highest BCUT2D eigenvalue weighted by Crippen LogP contribution is 2.57. The Bertz CT molecular complexity index is 2470. The molecule has 0 aliphatic heterocycles. The van der Waals surface area contributed by atoms with Crippen LogP contribution in [0, 0.1) is 11.3 Å². The third-order valence-electron chi connectivity index (χ3n) is 10.0. The summed E-state index contributed by atoms with van der Waals surface area (Å²) in [5.41, 5.74) is 13.9. The van der Waals surface area contributed by atoms with E-state index in [1.54, 1.807) is 0 Å². The van der Waals surface area contributed by atoms with Crippen LogP contribution in [0.3, 0.4) is 0 Å². The van der Waals surface area contributed by atoms with Gasteiger partial charge in [-0.2, -0.15) is 5.26 Å². The van der Waals surface area contributed by atoms with Crippen LogP contribution >= 0.6 is 0 Å². The number of hydrogen-bond acceptors (Lipinski definition) is 3. The standard InChI is InChI=1S/C48H31N3/c49-32-33-25-27-40-41-28-26-36(30-44(41)48(43(40)29-33,37-19-9-3-10-20-37)38-21-11-4-12-22-38)39-23-13-14-24-42(39)46-31-45(34-15-5-1-6-16-34)50-47(51-46)35-17-7-2-8-18-35/h1-31H. The zero-order valence-electron chi connectivity index (χ0n) is 27.7. The lowest BCUT2D eigenvalue weighted by Crippen LogP contribution is -2.28. The highest BCUT2D eigenvalue weighted by atomic mass is 14.9.